The molecule has 0 atom stereocenters. The van der Waals surface area contributed by atoms with E-state index in [1.807, 2.05) is 6.92 Å². The number of carbonyl (C=O) groups is 1. The summed E-state index contributed by atoms with van der Waals surface area (Å²) in [6, 6.07) is 15.6. The maximum Gasteiger partial charge on any atom is 0.339 e. The first-order valence-corrected chi connectivity index (χ1v) is 11.8. The van der Waals surface area contributed by atoms with E-state index in [0.717, 1.165) is 17.7 Å². The van der Waals surface area contributed by atoms with Crippen LogP contribution in [0.2, 0.25) is 10.0 Å². The number of nitro benzene ring substituents is 1. The van der Waals surface area contributed by atoms with E-state index in [1.165, 1.54) is 42.5 Å². The lowest BCUT2D eigenvalue weighted by atomic mass is 10.1. The van der Waals surface area contributed by atoms with E-state index in [0.29, 0.717) is 5.56 Å². The van der Waals surface area contributed by atoms with E-state index in [-0.39, 0.29) is 37.6 Å². The fourth-order valence-electron chi connectivity index (χ4n) is 2.78. The molecule has 12 heteroatoms. The van der Waals surface area contributed by atoms with Crippen LogP contribution >= 0.6 is 23.2 Å². The van der Waals surface area contributed by atoms with Crippen molar-refractivity contribution >= 4 is 56.7 Å². The van der Waals surface area contributed by atoms with Gasteiger partial charge in [-0.25, -0.2) is 0 Å². The molecule has 0 aliphatic rings. The number of nitro groups is 1. The average Bonchev–Trinajstić information content (AvgIpc) is 2.80. The number of nitriles is 1. The summed E-state index contributed by atoms with van der Waals surface area (Å²) < 4.78 is 29.9. The van der Waals surface area contributed by atoms with E-state index in [4.69, 9.17) is 27.4 Å². The molecule has 0 aliphatic heterocycles. The van der Waals surface area contributed by atoms with Crippen LogP contribution in [0.25, 0.3) is 6.08 Å². The van der Waals surface area contributed by atoms with Crippen LogP contribution in [0.1, 0.15) is 11.1 Å². The molecule has 0 aliphatic carbocycles. The van der Waals surface area contributed by atoms with Gasteiger partial charge in [0.25, 0.3) is 11.6 Å². The number of anilines is 1. The Kier molecular flexibility index (Phi) is 7.76. The van der Waals surface area contributed by atoms with Crippen LogP contribution in [0.3, 0.4) is 0 Å². The van der Waals surface area contributed by atoms with Crippen molar-refractivity contribution in [2.45, 2.75) is 11.8 Å². The number of rotatable bonds is 7. The molecule has 3 rings (SSSR count). The van der Waals surface area contributed by atoms with Gasteiger partial charge in [0.1, 0.15) is 22.3 Å². The van der Waals surface area contributed by atoms with Gasteiger partial charge >= 0.3 is 10.1 Å². The van der Waals surface area contributed by atoms with Crippen molar-refractivity contribution < 1.29 is 22.3 Å². The molecule has 1 amide bonds. The Bertz CT molecular complexity index is 1460. The molecule has 178 valence electrons. The molecular weight excluding hydrogens is 517 g/mol. The zero-order chi connectivity index (χ0) is 25.8. The number of benzene rings is 3. The number of hydrogen-bond donors (Lipinski definition) is 1. The number of non-ortho nitro benzene ring substituents is 1. The van der Waals surface area contributed by atoms with Crippen LogP contribution in [0.15, 0.2) is 71.1 Å². The predicted octanol–water partition coefficient (Wildman–Crippen LogP) is 5.52. The monoisotopic (exact) mass is 531 g/mol. The second-order valence-corrected chi connectivity index (χ2v) is 9.45. The first-order valence-electron chi connectivity index (χ1n) is 9.68. The normalized spacial score (nSPS) is 11.4. The Labute approximate surface area is 210 Å². The number of hydrogen-bond acceptors (Lipinski definition) is 7. The first kappa shape index (κ1) is 25.7. The Morgan fingerprint density at radius 1 is 1.09 bits per heavy atom. The molecule has 0 saturated carbocycles. The molecule has 1 N–H and O–H groups in total. The van der Waals surface area contributed by atoms with Crippen molar-refractivity contribution in [1.82, 2.24) is 0 Å². The first-order chi connectivity index (χ1) is 16.5. The highest BCUT2D eigenvalue weighted by molar-refractivity contribution is 7.87. The highest BCUT2D eigenvalue weighted by Crippen LogP contribution is 2.35. The molecule has 0 bridgehead atoms. The van der Waals surface area contributed by atoms with Crippen LogP contribution in [-0.2, 0) is 14.9 Å². The molecule has 0 saturated heterocycles. The standard InChI is InChI=1S/C23H15Cl2N3O6S/c1-14-2-8-19(9-3-14)35(32,33)34-18-6-4-15(5-7-18)10-16(13-26)23(29)27-22-20(24)11-17(28(30)31)12-21(22)25/h2-12H,1H3,(H,27,29)/b16-10+. The van der Waals surface area contributed by atoms with Crippen molar-refractivity contribution in [2.24, 2.45) is 0 Å². The van der Waals surface area contributed by atoms with Crippen molar-refractivity contribution in [3.8, 4) is 11.8 Å². The average molecular weight is 532 g/mol. The lowest BCUT2D eigenvalue weighted by Crippen LogP contribution is -2.14. The van der Waals surface area contributed by atoms with Crippen LogP contribution in [0, 0.1) is 28.4 Å². The maximum atomic E-state index is 12.5. The molecule has 0 fully saturated rings. The lowest BCUT2D eigenvalue weighted by Gasteiger charge is -2.09. The van der Waals surface area contributed by atoms with E-state index in [9.17, 15) is 28.6 Å². The number of carbonyl (C=O) groups excluding carboxylic acids is 1. The third-order valence-electron chi connectivity index (χ3n) is 4.55. The van der Waals surface area contributed by atoms with Crippen molar-refractivity contribution in [2.75, 3.05) is 5.32 Å². The van der Waals surface area contributed by atoms with Gasteiger partial charge in [0.05, 0.1) is 20.7 Å². The Hall–Kier alpha value is -3.91. The summed E-state index contributed by atoms with van der Waals surface area (Å²) in [5.74, 6) is -0.817. The second kappa shape index (κ2) is 10.6. The summed E-state index contributed by atoms with van der Waals surface area (Å²) in [5, 5.41) is 22.3. The third kappa shape index (κ3) is 6.36. The van der Waals surface area contributed by atoms with Gasteiger partial charge in [0.15, 0.2) is 0 Å². The summed E-state index contributed by atoms with van der Waals surface area (Å²) >= 11 is 12.0. The van der Waals surface area contributed by atoms with Gasteiger partial charge in [0, 0.05) is 12.1 Å². The zero-order valence-electron chi connectivity index (χ0n) is 17.9. The van der Waals surface area contributed by atoms with Gasteiger partial charge in [-0.2, -0.15) is 13.7 Å². The molecule has 3 aromatic carbocycles. The lowest BCUT2D eigenvalue weighted by molar-refractivity contribution is -0.384. The third-order valence-corrected chi connectivity index (χ3v) is 6.41. The van der Waals surface area contributed by atoms with Crippen LogP contribution in [-0.4, -0.2) is 19.2 Å². The van der Waals surface area contributed by atoms with Crippen molar-refractivity contribution in [3.63, 3.8) is 0 Å². The molecule has 0 heterocycles. The summed E-state index contributed by atoms with van der Waals surface area (Å²) in [6.07, 6.45) is 1.25. The van der Waals surface area contributed by atoms with Crippen LogP contribution < -0.4 is 9.50 Å². The number of halogens is 2. The minimum absolute atomic E-state index is 0.000856. The Morgan fingerprint density at radius 2 is 1.66 bits per heavy atom. The van der Waals surface area contributed by atoms with Crippen LogP contribution in [0.4, 0.5) is 11.4 Å². The zero-order valence-corrected chi connectivity index (χ0v) is 20.2. The summed E-state index contributed by atoms with van der Waals surface area (Å²) in [6.45, 7) is 1.83. The van der Waals surface area contributed by atoms with Gasteiger partial charge in [0.2, 0.25) is 0 Å². The Balaban J connectivity index is 1.77. The SMILES string of the molecule is Cc1ccc(S(=O)(=O)Oc2ccc(/C=C(\C#N)C(=O)Nc3c(Cl)cc([N+](=O)[O-])cc3Cl)cc2)cc1. The molecule has 0 spiro atoms. The van der Waals surface area contributed by atoms with E-state index >= 15 is 0 Å². The van der Waals surface area contributed by atoms with E-state index < -0.39 is 20.9 Å². The molecule has 35 heavy (non-hydrogen) atoms. The van der Waals surface area contributed by atoms with E-state index in [1.54, 1.807) is 18.2 Å². The van der Waals surface area contributed by atoms with E-state index in [2.05, 4.69) is 5.32 Å². The number of amides is 1. The van der Waals surface area contributed by atoms with Gasteiger partial charge < -0.3 is 9.50 Å². The second-order valence-electron chi connectivity index (χ2n) is 7.09. The molecule has 9 nitrogen and oxygen atoms in total. The van der Waals surface area contributed by atoms with Crippen molar-refractivity contribution in [3.05, 3.63) is 97.5 Å². The van der Waals surface area contributed by atoms with Gasteiger partial charge in [-0.3, -0.25) is 14.9 Å². The summed E-state index contributed by atoms with van der Waals surface area (Å²) in [7, 11) is -4.03. The number of nitrogens with one attached hydrogen (secondary N) is 1. The summed E-state index contributed by atoms with van der Waals surface area (Å²) in [5.41, 5.74) is 0.528. The van der Waals surface area contributed by atoms with Crippen molar-refractivity contribution in [1.29, 1.82) is 5.26 Å². The fraction of sp³-hybridized carbons (Fsp3) is 0.0435. The molecule has 0 unspecified atom stereocenters. The van der Waals surface area contributed by atoms with Gasteiger partial charge in [-0.05, 0) is 42.8 Å². The largest absolute Gasteiger partial charge is 0.379 e. The minimum Gasteiger partial charge on any atom is -0.379 e. The summed E-state index contributed by atoms with van der Waals surface area (Å²) in [4.78, 5) is 22.7. The number of nitrogens with zero attached hydrogens (tertiary/aromatic N) is 2. The molecule has 3 aromatic rings. The minimum atomic E-state index is -4.03. The predicted molar refractivity (Wildman–Crippen MR) is 131 cm³/mol. The molecular formula is C23H15Cl2N3O6S. The number of aryl methyl sites for hydroxylation is 1. The van der Waals surface area contributed by atoms with Gasteiger partial charge in [-0.15, -0.1) is 0 Å². The smallest absolute Gasteiger partial charge is 0.339 e. The van der Waals surface area contributed by atoms with Crippen LogP contribution in [0.5, 0.6) is 5.75 Å². The highest BCUT2D eigenvalue weighted by Gasteiger charge is 2.19. The highest BCUT2D eigenvalue weighted by atomic mass is 35.5. The molecule has 0 aromatic heterocycles. The van der Waals surface area contributed by atoms with Gasteiger partial charge in [-0.1, -0.05) is 53.0 Å². The maximum absolute atomic E-state index is 12.5. The quantitative estimate of drug-likeness (QED) is 0.139. The Morgan fingerprint density at radius 3 is 2.17 bits per heavy atom. The fourth-order valence-corrected chi connectivity index (χ4v) is 4.28. The molecule has 0 radical (unpaired) electrons. The topological polar surface area (TPSA) is 139 Å².